The number of anilines is 4. The van der Waals surface area contributed by atoms with Crippen LogP contribution in [0.5, 0.6) is 0 Å². The van der Waals surface area contributed by atoms with Crippen molar-refractivity contribution < 1.29 is 0 Å². The Morgan fingerprint density at radius 3 is 2.45 bits per heavy atom. The summed E-state index contributed by atoms with van der Waals surface area (Å²) in [6.07, 6.45) is 1.71. The lowest BCUT2D eigenvalue weighted by molar-refractivity contribution is 1.16. The smallest absolute Gasteiger partial charge is 0.240 e. The number of nitrogen functional groups attached to an aromatic ring is 1. The lowest BCUT2D eigenvalue weighted by Gasteiger charge is -2.10. The number of rotatable bonds is 3. The van der Waals surface area contributed by atoms with Crippen LogP contribution >= 0.6 is 0 Å². The summed E-state index contributed by atoms with van der Waals surface area (Å²) < 4.78 is 0. The van der Waals surface area contributed by atoms with E-state index in [1.54, 1.807) is 6.19 Å². The predicted molar refractivity (Wildman–Crippen MR) is 74.9 cm³/mol. The maximum Gasteiger partial charge on any atom is 0.240 e. The molecular formula is C13H11N7. The SMILES string of the molecule is Cc1ccc(Nc2nc(NC#N)nc(N)c2C#N)cc1. The second-order valence-corrected chi connectivity index (χ2v) is 4.00. The highest BCUT2D eigenvalue weighted by atomic mass is 15.2. The van der Waals surface area contributed by atoms with Crippen molar-refractivity contribution >= 4 is 23.3 Å². The number of nitrogens with one attached hydrogen (secondary N) is 2. The van der Waals surface area contributed by atoms with Gasteiger partial charge in [-0.25, -0.2) is 0 Å². The molecule has 0 fully saturated rings. The van der Waals surface area contributed by atoms with Crippen LogP contribution in [-0.4, -0.2) is 9.97 Å². The number of nitrogens with two attached hydrogens (primary N) is 1. The van der Waals surface area contributed by atoms with Gasteiger partial charge in [-0.2, -0.15) is 20.5 Å². The standard InChI is InChI=1S/C13H11N7/c1-8-2-4-9(5-3-8)18-12-10(6-14)11(16)19-13(20-12)17-7-15/h2-5H,1H3,(H4,16,17,18,19,20). The van der Waals surface area contributed by atoms with Crippen LogP contribution in [0.4, 0.5) is 23.3 Å². The molecule has 0 amide bonds. The molecule has 0 saturated heterocycles. The Hall–Kier alpha value is -3.32. The van der Waals surface area contributed by atoms with Gasteiger partial charge in [-0.1, -0.05) is 17.7 Å². The van der Waals surface area contributed by atoms with E-state index in [1.807, 2.05) is 37.3 Å². The molecule has 1 heterocycles. The van der Waals surface area contributed by atoms with Gasteiger partial charge in [-0.15, -0.1) is 0 Å². The molecule has 2 aromatic rings. The van der Waals surface area contributed by atoms with Crippen LogP contribution in [0.15, 0.2) is 24.3 Å². The molecule has 0 aliphatic heterocycles. The van der Waals surface area contributed by atoms with E-state index in [2.05, 4.69) is 20.6 Å². The van der Waals surface area contributed by atoms with Crippen molar-refractivity contribution in [3.63, 3.8) is 0 Å². The van der Waals surface area contributed by atoms with E-state index < -0.39 is 0 Å². The zero-order chi connectivity index (χ0) is 14.5. The number of aromatic nitrogens is 2. The molecule has 2 rings (SSSR count). The second kappa shape index (κ2) is 5.55. The van der Waals surface area contributed by atoms with Crippen molar-refractivity contribution in [2.75, 3.05) is 16.4 Å². The first-order valence-electron chi connectivity index (χ1n) is 5.70. The van der Waals surface area contributed by atoms with Crippen LogP contribution in [0.1, 0.15) is 11.1 Å². The van der Waals surface area contributed by atoms with Crippen LogP contribution in [0, 0.1) is 29.7 Å². The van der Waals surface area contributed by atoms with Crippen LogP contribution in [0.3, 0.4) is 0 Å². The first-order chi connectivity index (χ1) is 9.63. The monoisotopic (exact) mass is 265 g/mol. The molecule has 0 radical (unpaired) electrons. The maximum absolute atomic E-state index is 9.11. The summed E-state index contributed by atoms with van der Waals surface area (Å²) >= 11 is 0. The van der Waals surface area contributed by atoms with E-state index in [4.69, 9.17) is 16.3 Å². The molecule has 20 heavy (non-hydrogen) atoms. The normalized spacial score (nSPS) is 9.35. The van der Waals surface area contributed by atoms with Gasteiger partial charge in [0.05, 0.1) is 0 Å². The number of hydrogen-bond acceptors (Lipinski definition) is 7. The molecule has 7 nitrogen and oxygen atoms in total. The minimum Gasteiger partial charge on any atom is -0.382 e. The van der Waals surface area contributed by atoms with Gasteiger partial charge < -0.3 is 11.1 Å². The highest BCUT2D eigenvalue weighted by Crippen LogP contribution is 2.23. The number of nitrogens with zero attached hydrogens (tertiary/aromatic N) is 4. The molecular weight excluding hydrogens is 254 g/mol. The molecule has 0 saturated carbocycles. The third-order valence-electron chi connectivity index (χ3n) is 2.53. The van der Waals surface area contributed by atoms with Gasteiger partial charge in [0.2, 0.25) is 5.95 Å². The molecule has 1 aromatic carbocycles. The molecule has 0 bridgehead atoms. The molecule has 0 aliphatic rings. The average molecular weight is 265 g/mol. The van der Waals surface area contributed by atoms with E-state index in [-0.39, 0.29) is 23.1 Å². The van der Waals surface area contributed by atoms with E-state index in [9.17, 15) is 0 Å². The van der Waals surface area contributed by atoms with Crippen molar-refractivity contribution in [3.05, 3.63) is 35.4 Å². The highest BCUT2D eigenvalue weighted by molar-refractivity contribution is 5.70. The molecule has 7 heteroatoms. The Bertz CT molecular complexity index is 707. The lowest BCUT2D eigenvalue weighted by Crippen LogP contribution is -2.07. The fourth-order valence-electron chi connectivity index (χ4n) is 1.56. The van der Waals surface area contributed by atoms with Gasteiger partial charge in [0.15, 0.2) is 12.0 Å². The summed E-state index contributed by atoms with van der Waals surface area (Å²) in [5.41, 5.74) is 7.68. The van der Waals surface area contributed by atoms with Gasteiger partial charge >= 0.3 is 0 Å². The van der Waals surface area contributed by atoms with Crippen LogP contribution < -0.4 is 16.4 Å². The maximum atomic E-state index is 9.11. The first kappa shape index (κ1) is 13.1. The van der Waals surface area contributed by atoms with Crippen molar-refractivity contribution in [1.29, 1.82) is 10.5 Å². The zero-order valence-corrected chi connectivity index (χ0v) is 10.7. The van der Waals surface area contributed by atoms with E-state index in [0.29, 0.717) is 0 Å². The quantitative estimate of drug-likeness (QED) is 0.571. The first-order valence-corrected chi connectivity index (χ1v) is 5.70. The number of nitriles is 2. The highest BCUT2D eigenvalue weighted by Gasteiger charge is 2.12. The number of benzene rings is 1. The van der Waals surface area contributed by atoms with Crippen molar-refractivity contribution in [2.45, 2.75) is 6.92 Å². The fraction of sp³-hybridized carbons (Fsp3) is 0.0769. The minimum atomic E-state index is 0.00913. The molecule has 1 aromatic heterocycles. The van der Waals surface area contributed by atoms with E-state index in [0.717, 1.165) is 11.3 Å². The Labute approximate surface area is 115 Å². The van der Waals surface area contributed by atoms with Crippen molar-refractivity contribution in [3.8, 4) is 12.3 Å². The lowest BCUT2D eigenvalue weighted by atomic mass is 10.2. The topological polar surface area (TPSA) is 123 Å². The molecule has 0 spiro atoms. The van der Waals surface area contributed by atoms with Crippen LogP contribution in [0.25, 0.3) is 0 Å². The Morgan fingerprint density at radius 1 is 1.15 bits per heavy atom. The largest absolute Gasteiger partial charge is 0.382 e. The summed E-state index contributed by atoms with van der Waals surface area (Å²) in [4.78, 5) is 7.87. The fourth-order valence-corrected chi connectivity index (χ4v) is 1.56. The van der Waals surface area contributed by atoms with Gasteiger partial charge in [-0.05, 0) is 19.1 Å². The Morgan fingerprint density at radius 2 is 1.85 bits per heavy atom. The molecule has 4 N–H and O–H groups in total. The van der Waals surface area contributed by atoms with Crippen molar-refractivity contribution in [2.24, 2.45) is 0 Å². The summed E-state index contributed by atoms with van der Waals surface area (Å²) in [6, 6.07) is 9.50. The molecule has 0 unspecified atom stereocenters. The predicted octanol–water partition coefficient (Wildman–Crippen LogP) is 1.88. The summed E-state index contributed by atoms with van der Waals surface area (Å²) in [6.45, 7) is 1.97. The van der Waals surface area contributed by atoms with Gasteiger partial charge in [0, 0.05) is 5.69 Å². The number of aryl methyl sites for hydroxylation is 1. The van der Waals surface area contributed by atoms with Gasteiger partial charge in [0.25, 0.3) is 0 Å². The minimum absolute atomic E-state index is 0.00913. The van der Waals surface area contributed by atoms with Gasteiger partial charge in [-0.3, -0.25) is 5.32 Å². The van der Waals surface area contributed by atoms with Crippen LogP contribution in [-0.2, 0) is 0 Å². The van der Waals surface area contributed by atoms with Gasteiger partial charge in [0.1, 0.15) is 17.5 Å². The number of hydrogen-bond donors (Lipinski definition) is 3. The summed E-state index contributed by atoms with van der Waals surface area (Å²) in [5.74, 6) is 0.301. The third-order valence-corrected chi connectivity index (χ3v) is 2.53. The summed E-state index contributed by atoms with van der Waals surface area (Å²) in [5, 5.41) is 23.0. The third kappa shape index (κ3) is 2.74. The van der Waals surface area contributed by atoms with Crippen LogP contribution in [0.2, 0.25) is 0 Å². The van der Waals surface area contributed by atoms with E-state index in [1.165, 1.54) is 0 Å². The zero-order valence-electron chi connectivity index (χ0n) is 10.7. The Balaban J connectivity index is 2.41. The van der Waals surface area contributed by atoms with E-state index >= 15 is 0 Å². The molecule has 0 atom stereocenters. The average Bonchev–Trinajstić information content (AvgIpc) is 2.42. The summed E-state index contributed by atoms with van der Waals surface area (Å²) in [7, 11) is 0. The Kier molecular flexibility index (Phi) is 3.64. The van der Waals surface area contributed by atoms with Crippen molar-refractivity contribution in [1.82, 2.24) is 9.97 Å². The molecule has 0 aliphatic carbocycles. The molecule has 98 valence electrons. The second-order valence-electron chi connectivity index (χ2n) is 4.00.